The van der Waals surface area contributed by atoms with Crippen LogP contribution >= 0.6 is 15.9 Å². The fourth-order valence-corrected chi connectivity index (χ4v) is 2.61. The van der Waals surface area contributed by atoms with Crippen LogP contribution in [0.15, 0.2) is 27.2 Å². The predicted octanol–water partition coefficient (Wildman–Crippen LogP) is 4.64. The average molecular weight is 366 g/mol. The molecule has 1 unspecified atom stereocenters. The first-order valence-electron chi connectivity index (χ1n) is 7.73. The van der Waals surface area contributed by atoms with Crippen molar-refractivity contribution < 1.29 is 4.74 Å². The number of aliphatic imine (C=N–C) groups is 1. The molecule has 120 valence electrons. The van der Waals surface area contributed by atoms with E-state index >= 15 is 0 Å². The Morgan fingerprint density at radius 3 is 2.91 bits per heavy atom. The minimum absolute atomic E-state index is 0.215. The second-order valence-corrected chi connectivity index (χ2v) is 6.62. The molecule has 0 saturated carbocycles. The monoisotopic (exact) mass is 365 g/mol. The molecule has 1 aromatic rings. The third-order valence-corrected chi connectivity index (χ3v) is 4.44. The maximum absolute atomic E-state index is 6.05. The highest BCUT2D eigenvalue weighted by atomic mass is 79.9. The second-order valence-electron chi connectivity index (χ2n) is 5.76. The Bertz CT molecular complexity index is 584. The molecule has 4 nitrogen and oxygen atoms in total. The van der Waals surface area contributed by atoms with Gasteiger partial charge in [-0.05, 0) is 55.6 Å². The summed E-state index contributed by atoms with van der Waals surface area (Å²) in [6, 6.07) is 1.97. The Morgan fingerprint density at radius 2 is 2.27 bits per heavy atom. The molecule has 0 aliphatic heterocycles. The van der Waals surface area contributed by atoms with Crippen molar-refractivity contribution in [2.45, 2.75) is 46.1 Å². The number of ether oxygens (including phenoxy) is 1. The van der Waals surface area contributed by atoms with Crippen LogP contribution in [0.3, 0.4) is 0 Å². The lowest BCUT2D eigenvalue weighted by Gasteiger charge is -2.22. The smallest absolute Gasteiger partial charge is 0.228 e. The fourth-order valence-electron chi connectivity index (χ4n) is 2.21. The summed E-state index contributed by atoms with van der Waals surface area (Å²) in [6.45, 7) is 7.15. The predicted molar refractivity (Wildman–Crippen MR) is 95.2 cm³/mol. The quantitative estimate of drug-likeness (QED) is 0.433. The molecule has 0 aromatic carbocycles. The highest BCUT2D eigenvalue weighted by molar-refractivity contribution is 9.10. The van der Waals surface area contributed by atoms with Crippen molar-refractivity contribution >= 4 is 28.0 Å². The van der Waals surface area contributed by atoms with Gasteiger partial charge in [-0.25, -0.2) is 9.98 Å². The van der Waals surface area contributed by atoms with Gasteiger partial charge < -0.3 is 9.64 Å². The number of aryl methyl sites for hydroxylation is 1. The third-order valence-electron chi connectivity index (χ3n) is 3.87. The van der Waals surface area contributed by atoms with Gasteiger partial charge in [0.05, 0.1) is 22.2 Å². The summed E-state index contributed by atoms with van der Waals surface area (Å²) in [4.78, 5) is 11.1. The molecule has 22 heavy (non-hydrogen) atoms. The highest BCUT2D eigenvalue weighted by Gasteiger charge is 2.17. The van der Waals surface area contributed by atoms with Crippen LogP contribution in [0.25, 0.3) is 0 Å². The van der Waals surface area contributed by atoms with Gasteiger partial charge in [0.15, 0.2) is 0 Å². The number of rotatable bonds is 5. The van der Waals surface area contributed by atoms with E-state index < -0.39 is 0 Å². The standard InChI is InChI=1S/C17H24BrN3O/c1-5-21(4)11-19-16-10-15(18)17(20-13(16)3)22-14-8-6-12(2)7-9-14/h6,10-11,14H,5,7-9H2,1-4H3/b19-11+. The summed E-state index contributed by atoms with van der Waals surface area (Å²) < 4.78 is 6.91. The Labute approximate surface area is 141 Å². The summed E-state index contributed by atoms with van der Waals surface area (Å²) in [7, 11) is 2.00. The summed E-state index contributed by atoms with van der Waals surface area (Å²) in [6.07, 6.45) is 7.41. The fraction of sp³-hybridized carbons (Fsp3) is 0.529. The number of aromatic nitrogens is 1. The van der Waals surface area contributed by atoms with E-state index in [-0.39, 0.29) is 6.10 Å². The van der Waals surface area contributed by atoms with Gasteiger partial charge in [0.2, 0.25) is 5.88 Å². The van der Waals surface area contributed by atoms with Crippen molar-refractivity contribution in [2.24, 2.45) is 4.99 Å². The minimum Gasteiger partial charge on any atom is -0.473 e. The van der Waals surface area contributed by atoms with E-state index in [1.165, 1.54) is 5.57 Å². The highest BCUT2D eigenvalue weighted by Crippen LogP contribution is 2.32. The van der Waals surface area contributed by atoms with Gasteiger partial charge in [0, 0.05) is 20.0 Å². The molecule has 0 spiro atoms. The summed E-state index contributed by atoms with van der Waals surface area (Å²) in [5.74, 6) is 0.665. The molecule has 1 aromatic heterocycles. The first kappa shape index (κ1) is 17.0. The maximum atomic E-state index is 6.05. The van der Waals surface area contributed by atoms with E-state index in [2.05, 4.69) is 45.8 Å². The van der Waals surface area contributed by atoms with Crippen LogP contribution in [-0.2, 0) is 0 Å². The molecule has 5 heteroatoms. The van der Waals surface area contributed by atoms with Gasteiger partial charge in [0.1, 0.15) is 6.10 Å². The van der Waals surface area contributed by atoms with Crippen molar-refractivity contribution in [3.05, 3.63) is 27.9 Å². The molecule has 0 bridgehead atoms. The Kier molecular flexibility index (Phi) is 6.00. The van der Waals surface area contributed by atoms with Gasteiger partial charge >= 0.3 is 0 Å². The number of hydrogen-bond donors (Lipinski definition) is 0. The molecule has 0 amide bonds. The van der Waals surface area contributed by atoms with Gasteiger partial charge in [-0.2, -0.15) is 0 Å². The zero-order valence-electron chi connectivity index (χ0n) is 13.8. The zero-order valence-corrected chi connectivity index (χ0v) is 15.4. The van der Waals surface area contributed by atoms with Crippen LogP contribution < -0.4 is 4.74 Å². The molecule has 0 fully saturated rings. The molecule has 1 atom stereocenters. The van der Waals surface area contributed by atoms with Crippen LogP contribution in [-0.4, -0.2) is 35.9 Å². The minimum atomic E-state index is 0.215. The molecule has 2 rings (SSSR count). The number of hydrogen-bond acceptors (Lipinski definition) is 3. The first-order valence-corrected chi connectivity index (χ1v) is 8.52. The molecule has 1 heterocycles. The van der Waals surface area contributed by atoms with Crippen molar-refractivity contribution in [3.8, 4) is 5.88 Å². The van der Waals surface area contributed by atoms with Crippen molar-refractivity contribution in [1.29, 1.82) is 0 Å². The average Bonchev–Trinajstić information content (AvgIpc) is 2.51. The molecule has 1 aliphatic carbocycles. The molecule has 1 aliphatic rings. The lowest BCUT2D eigenvalue weighted by molar-refractivity contribution is 0.179. The number of allylic oxidation sites excluding steroid dienone is 1. The third kappa shape index (κ3) is 4.57. The number of nitrogens with zero attached hydrogens (tertiary/aromatic N) is 3. The molecular formula is C17H24BrN3O. The number of pyridine rings is 1. The molecule has 0 radical (unpaired) electrons. The lowest BCUT2D eigenvalue weighted by atomic mass is 9.98. The second kappa shape index (κ2) is 7.77. The van der Waals surface area contributed by atoms with Crippen LogP contribution in [0.2, 0.25) is 0 Å². The Hall–Kier alpha value is -1.36. The van der Waals surface area contributed by atoms with Gasteiger partial charge in [-0.15, -0.1) is 0 Å². The Morgan fingerprint density at radius 1 is 1.50 bits per heavy atom. The summed E-state index contributed by atoms with van der Waals surface area (Å²) in [5.41, 5.74) is 3.19. The maximum Gasteiger partial charge on any atom is 0.228 e. The van der Waals surface area contributed by atoms with Crippen molar-refractivity contribution in [1.82, 2.24) is 9.88 Å². The molecule has 0 N–H and O–H groups in total. The SMILES string of the molecule is CCN(C)/C=N/c1cc(Br)c(OC2CC=C(C)CC2)nc1C. The first-order chi connectivity index (χ1) is 10.5. The van der Waals surface area contributed by atoms with Crippen LogP contribution in [0.4, 0.5) is 5.69 Å². The normalized spacial score (nSPS) is 18.4. The van der Waals surface area contributed by atoms with Crippen molar-refractivity contribution in [3.63, 3.8) is 0 Å². The largest absolute Gasteiger partial charge is 0.473 e. The number of halogens is 1. The van der Waals surface area contributed by atoms with E-state index in [9.17, 15) is 0 Å². The van der Waals surface area contributed by atoms with E-state index in [4.69, 9.17) is 4.74 Å². The summed E-state index contributed by atoms with van der Waals surface area (Å²) in [5, 5.41) is 0. The molecule has 0 saturated heterocycles. The van der Waals surface area contributed by atoms with E-state index in [1.807, 2.05) is 31.3 Å². The van der Waals surface area contributed by atoms with Crippen LogP contribution in [0, 0.1) is 6.92 Å². The van der Waals surface area contributed by atoms with E-state index in [0.29, 0.717) is 5.88 Å². The van der Waals surface area contributed by atoms with E-state index in [0.717, 1.165) is 41.7 Å². The Balaban J connectivity index is 2.11. The summed E-state index contributed by atoms with van der Waals surface area (Å²) >= 11 is 3.55. The zero-order chi connectivity index (χ0) is 16.1. The van der Waals surface area contributed by atoms with E-state index in [1.54, 1.807) is 0 Å². The van der Waals surface area contributed by atoms with Gasteiger partial charge in [-0.1, -0.05) is 11.6 Å². The lowest BCUT2D eigenvalue weighted by Crippen LogP contribution is -2.19. The van der Waals surface area contributed by atoms with Gasteiger partial charge in [-0.3, -0.25) is 0 Å². The molecular weight excluding hydrogens is 342 g/mol. The van der Waals surface area contributed by atoms with Gasteiger partial charge in [0.25, 0.3) is 0 Å². The van der Waals surface area contributed by atoms with Crippen LogP contribution in [0.1, 0.15) is 38.8 Å². The van der Waals surface area contributed by atoms with Crippen molar-refractivity contribution in [2.75, 3.05) is 13.6 Å². The topological polar surface area (TPSA) is 37.7 Å². The van der Waals surface area contributed by atoms with Crippen LogP contribution in [0.5, 0.6) is 5.88 Å².